The van der Waals surface area contributed by atoms with Gasteiger partial charge in [-0.25, -0.2) is 17.6 Å². The zero-order valence-corrected chi connectivity index (χ0v) is 25.5. The summed E-state index contributed by atoms with van der Waals surface area (Å²) in [5, 5.41) is 0. The number of hydrogen-bond acceptors (Lipinski definition) is 1. The number of ether oxygens (including phenoxy) is 1. The van der Waals surface area contributed by atoms with Crippen LogP contribution in [0.1, 0.15) is 80.9 Å². The maximum atomic E-state index is 15.1. The van der Waals surface area contributed by atoms with Gasteiger partial charge in [0.05, 0.1) is 5.56 Å². The van der Waals surface area contributed by atoms with Crippen molar-refractivity contribution in [3.8, 4) is 28.0 Å². The quantitative estimate of drug-likeness (QED) is 0.121. The van der Waals surface area contributed by atoms with E-state index in [1.165, 1.54) is 30.7 Å². The Morgan fingerprint density at radius 1 is 0.638 bits per heavy atom. The average Bonchev–Trinajstić information content (AvgIpc) is 3.00. The van der Waals surface area contributed by atoms with Crippen molar-refractivity contribution in [2.24, 2.45) is 5.92 Å². The van der Waals surface area contributed by atoms with E-state index >= 15 is 17.6 Å². The summed E-state index contributed by atoms with van der Waals surface area (Å²) in [4.78, 5) is 0. The lowest BCUT2D eigenvalue weighted by Crippen LogP contribution is -2.25. The van der Waals surface area contributed by atoms with Crippen LogP contribution >= 0.6 is 0 Å². The van der Waals surface area contributed by atoms with Gasteiger partial charge in [0.15, 0.2) is 0 Å². The van der Waals surface area contributed by atoms with Gasteiger partial charge in [0.1, 0.15) is 34.6 Å². The zero-order chi connectivity index (χ0) is 33.9. The number of halogens is 9. The van der Waals surface area contributed by atoms with E-state index in [-0.39, 0.29) is 22.6 Å². The molecule has 0 radical (unpaired) electrons. The minimum absolute atomic E-state index is 0.104. The number of hydrogen-bond donors (Lipinski definition) is 0. The van der Waals surface area contributed by atoms with Gasteiger partial charge in [0.2, 0.25) is 0 Å². The number of benzene rings is 4. The molecule has 1 aliphatic rings. The molecule has 0 spiro atoms. The molecule has 0 aromatic heterocycles. The van der Waals surface area contributed by atoms with Crippen LogP contribution in [0.3, 0.4) is 0 Å². The third-order valence-corrected chi connectivity index (χ3v) is 8.88. The summed E-state index contributed by atoms with van der Waals surface area (Å²) in [6, 6.07) is 12.6. The fourth-order valence-corrected chi connectivity index (χ4v) is 6.33. The highest BCUT2D eigenvalue weighted by Gasteiger charge is 2.41. The summed E-state index contributed by atoms with van der Waals surface area (Å²) < 4.78 is 133. The van der Waals surface area contributed by atoms with E-state index in [4.69, 9.17) is 4.74 Å². The van der Waals surface area contributed by atoms with Gasteiger partial charge in [0.25, 0.3) is 0 Å². The number of rotatable bonds is 10. The fourth-order valence-electron chi connectivity index (χ4n) is 6.33. The van der Waals surface area contributed by atoms with Crippen molar-refractivity contribution in [2.45, 2.75) is 76.5 Å². The lowest BCUT2D eigenvalue weighted by atomic mass is 9.77. The molecule has 0 N–H and O–H groups in total. The number of unbranched alkanes of at least 4 members (excludes halogenated alkanes) is 2. The second kappa shape index (κ2) is 14.0. The van der Waals surface area contributed by atoms with E-state index in [9.17, 15) is 22.0 Å². The highest BCUT2D eigenvalue weighted by atomic mass is 19.4. The molecule has 0 unspecified atom stereocenters. The molecule has 1 aliphatic carbocycles. The van der Waals surface area contributed by atoms with Crippen LogP contribution in [0.5, 0.6) is 5.75 Å². The van der Waals surface area contributed by atoms with Gasteiger partial charge >= 0.3 is 12.3 Å². The van der Waals surface area contributed by atoms with Crippen LogP contribution in [0.2, 0.25) is 0 Å². The molecular weight excluding hydrogens is 631 g/mol. The maximum absolute atomic E-state index is 15.1. The molecule has 5 rings (SSSR count). The van der Waals surface area contributed by atoms with Crippen LogP contribution in [0.25, 0.3) is 22.3 Å². The van der Waals surface area contributed by atoms with Crippen molar-refractivity contribution >= 4 is 0 Å². The third-order valence-electron chi connectivity index (χ3n) is 8.88. The molecule has 0 bridgehead atoms. The van der Waals surface area contributed by atoms with Crippen molar-refractivity contribution in [1.82, 2.24) is 0 Å². The Hall–Kier alpha value is -3.95. The van der Waals surface area contributed by atoms with Crippen LogP contribution in [-0.2, 0) is 12.3 Å². The summed E-state index contributed by atoms with van der Waals surface area (Å²) in [7, 11) is 0. The Morgan fingerprint density at radius 2 is 1.23 bits per heavy atom. The molecule has 0 heterocycles. The summed E-state index contributed by atoms with van der Waals surface area (Å²) in [5.41, 5.74) is -2.23. The first-order chi connectivity index (χ1) is 22.3. The minimum Gasteiger partial charge on any atom is -0.429 e. The van der Waals surface area contributed by atoms with Crippen molar-refractivity contribution in [3.63, 3.8) is 0 Å². The third kappa shape index (κ3) is 7.96. The molecule has 250 valence electrons. The Balaban J connectivity index is 1.26. The van der Waals surface area contributed by atoms with E-state index in [1.54, 1.807) is 0 Å². The standard InChI is InChI=1S/C37H33F9O/c1-2-3-4-5-22-6-8-24(9-7-22)27-20-33(40)35(34(41)21-27)37(45,46)47-28-14-10-23(11-15-28)25-12-16-29(31(38)18-25)26-13-17-30(32(39)19-26)36(42,43)44/h10-22,24H,2-9H2,1H3. The van der Waals surface area contributed by atoms with Crippen LogP contribution in [0.4, 0.5) is 39.5 Å². The predicted molar refractivity (Wildman–Crippen MR) is 162 cm³/mol. The maximum Gasteiger partial charge on any atom is 0.432 e. The lowest BCUT2D eigenvalue weighted by molar-refractivity contribution is -0.189. The molecule has 0 saturated heterocycles. The van der Waals surface area contributed by atoms with E-state index < -0.39 is 52.4 Å². The Kier molecular flexibility index (Phi) is 10.3. The minimum atomic E-state index is -4.90. The molecule has 1 nitrogen and oxygen atoms in total. The van der Waals surface area contributed by atoms with Crippen molar-refractivity contribution < 1.29 is 44.3 Å². The van der Waals surface area contributed by atoms with Crippen LogP contribution < -0.4 is 4.74 Å². The molecule has 0 atom stereocenters. The summed E-state index contributed by atoms with van der Waals surface area (Å²) in [5.74, 6) is -5.12. The molecule has 10 heteroatoms. The predicted octanol–water partition coefficient (Wildman–Crippen LogP) is 12.6. The van der Waals surface area contributed by atoms with Gasteiger partial charge in [-0.1, -0.05) is 62.9 Å². The normalized spacial score (nSPS) is 17.1. The highest BCUT2D eigenvalue weighted by molar-refractivity contribution is 5.71. The molecule has 1 fully saturated rings. The number of alkyl halides is 5. The fraction of sp³-hybridized carbons (Fsp3) is 0.351. The first-order valence-electron chi connectivity index (χ1n) is 15.6. The van der Waals surface area contributed by atoms with Crippen LogP contribution in [-0.4, -0.2) is 0 Å². The van der Waals surface area contributed by atoms with Gasteiger partial charge < -0.3 is 4.74 Å². The van der Waals surface area contributed by atoms with Crippen molar-refractivity contribution in [2.75, 3.05) is 0 Å². The van der Waals surface area contributed by atoms with E-state index in [0.717, 1.165) is 81.3 Å². The lowest BCUT2D eigenvalue weighted by Gasteiger charge is -2.29. The summed E-state index contributed by atoms with van der Waals surface area (Å²) in [6.07, 6.45) is -1.28. The van der Waals surface area contributed by atoms with Gasteiger partial charge in [-0.2, -0.15) is 22.0 Å². The molecule has 4 aromatic carbocycles. The van der Waals surface area contributed by atoms with Crippen molar-refractivity contribution in [1.29, 1.82) is 0 Å². The highest BCUT2D eigenvalue weighted by Crippen LogP contribution is 2.42. The van der Waals surface area contributed by atoms with E-state index in [0.29, 0.717) is 29.2 Å². The molecule has 47 heavy (non-hydrogen) atoms. The summed E-state index contributed by atoms with van der Waals surface area (Å²) >= 11 is 0. The topological polar surface area (TPSA) is 9.23 Å². The van der Waals surface area contributed by atoms with Crippen LogP contribution in [0.15, 0.2) is 72.8 Å². The second-order valence-electron chi connectivity index (χ2n) is 12.1. The molecule has 4 aromatic rings. The molecule has 0 aliphatic heterocycles. The van der Waals surface area contributed by atoms with Gasteiger partial charge in [-0.3, -0.25) is 0 Å². The van der Waals surface area contributed by atoms with E-state index in [1.807, 2.05) is 0 Å². The van der Waals surface area contributed by atoms with E-state index in [2.05, 4.69) is 6.92 Å². The molecular formula is C37H33F9O. The molecule has 1 saturated carbocycles. The van der Waals surface area contributed by atoms with Gasteiger partial charge in [-0.05, 0) is 102 Å². The summed E-state index contributed by atoms with van der Waals surface area (Å²) in [6.45, 7) is 2.14. The monoisotopic (exact) mass is 664 g/mol. The van der Waals surface area contributed by atoms with Gasteiger partial charge in [0, 0.05) is 5.56 Å². The smallest absolute Gasteiger partial charge is 0.429 e. The first kappa shape index (κ1) is 34.4. The Bertz CT molecular complexity index is 1660. The van der Waals surface area contributed by atoms with Crippen molar-refractivity contribution in [3.05, 3.63) is 113 Å². The second-order valence-corrected chi connectivity index (χ2v) is 12.1. The SMILES string of the molecule is CCCCCC1CCC(c2cc(F)c(C(F)(F)Oc3ccc(-c4ccc(-c5ccc(C(F)(F)F)c(F)c5)c(F)c4)cc3)c(F)c2)CC1. The Morgan fingerprint density at radius 3 is 1.81 bits per heavy atom. The first-order valence-corrected chi connectivity index (χ1v) is 15.6. The largest absolute Gasteiger partial charge is 0.432 e. The molecule has 0 amide bonds. The average molecular weight is 665 g/mol. The van der Waals surface area contributed by atoms with Crippen LogP contribution in [0, 0.1) is 29.2 Å². The van der Waals surface area contributed by atoms with Gasteiger partial charge in [-0.15, -0.1) is 0 Å². The zero-order valence-electron chi connectivity index (χ0n) is 25.5. The Labute approximate surface area is 267 Å².